The average Bonchev–Trinajstić information content (AvgIpc) is 0.757. The van der Waals surface area contributed by atoms with Crippen LogP contribution in [0.1, 0.15) is 138 Å². The van der Waals surface area contributed by atoms with Gasteiger partial charge in [0, 0.05) is 55.6 Å². The zero-order chi connectivity index (χ0) is 71.1. The molecule has 4 aromatic carbocycles. The van der Waals surface area contributed by atoms with Gasteiger partial charge in [0.25, 0.3) is 23.6 Å². The van der Waals surface area contributed by atoms with Gasteiger partial charge in [-0.25, -0.2) is 0 Å². The van der Waals surface area contributed by atoms with Crippen molar-refractivity contribution in [3.8, 4) is 0 Å². The molecular formula is C70H72Cl4N4O18. The van der Waals surface area contributed by atoms with E-state index in [1.54, 1.807) is 62.4 Å². The Bertz CT molecular complexity index is 3840. The third-order valence-electron chi connectivity index (χ3n) is 17.7. The number of rotatable bonds is 14. The predicted molar refractivity (Wildman–Crippen MR) is 358 cm³/mol. The van der Waals surface area contributed by atoms with Crippen LogP contribution in [0.5, 0.6) is 0 Å². The molecule has 4 aliphatic carbocycles. The number of benzene rings is 4. The lowest BCUT2D eigenvalue weighted by atomic mass is 9.65. The summed E-state index contributed by atoms with van der Waals surface area (Å²) in [5.41, 5.74) is -1.32. The highest BCUT2D eigenvalue weighted by atomic mass is 35.5. The van der Waals surface area contributed by atoms with Gasteiger partial charge in [-0.05, 0) is 151 Å². The molecule has 2 spiro atoms. The van der Waals surface area contributed by atoms with Crippen LogP contribution < -0.4 is 21.3 Å². The fourth-order valence-corrected chi connectivity index (χ4v) is 12.9. The predicted octanol–water partition coefficient (Wildman–Crippen LogP) is 9.02. The first-order valence-corrected chi connectivity index (χ1v) is 32.1. The Morgan fingerprint density at radius 2 is 0.646 bits per heavy atom. The second-order valence-corrected chi connectivity index (χ2v) is 26.1. The van der Waals surface area contributed by atoms with Gasteiger partial charge in [-0.1, -0.05) is 84.5 Å². The third-order valence-corrected chi connectivity index (χ3v) is 18.6. The van der Waals surface area contributed by atoms with E-state index in [1.807, 2.05) is 13.8 Å². The fraction of sp³-hybridized carbons (Fsp3) is 0.371. The molecule has 4 atom stereocenters. The van der Waals surface area contributed by atoms with Crippen LogP contribution in [0.3, 0.4) is 0 Å². The minimum atomic E-state index is -1.02. The topological polar surface area (TPSA) is 352 Å². The van der Waals surface area contributed by atoms with Crippen molar-refractivity contribution in [2.75, 3.05) is 52.6 Å². The molecule has 2 saturated heterocycles. The van der Waals surface area contributed by atoms with Gasteiger partial charge in [0.1, 0.15) is 68.5 Å². The Kier molecular flexibility index (Phi) is 23.8. The van der Waals surface area contributed by atoms with Crippen molar-refractivity contribution in [3.63, 3.8) is 0 Å². The van der Waals surface area contributed by atoms with Crippen molar-refractivity contribution in [1.29, 1.82) is 0 Å². The molecule has 4 aromatic rings. The molecule has 2 heterocycles. The van der Waals surface area contributed by atoms with Crippen molar-refractivity contribution in [3.05, 3.63) is 160 Å². The molecule has 22 nitrogen and oxygen atoms in total. The number of aliphatic hydroxyl groups excluding tert-OH is 4. The monoisotopic (exact) mass is 1400 g/mol. The summed E-state index contributed by atoms with van der Waals surface area (Å²) in [5.74, 6) is -7.59. The molecule has 0 radical (unpaired) electrons. The molecule has 10 rings (SSSR count). The number of carbonyl (C=O) groups excluding carboxylic acids is 12. The molecule has 96 heavy (non-hydrogen) atoms. The quantitative estimate of drug-likeness (QED) is 0.0546. The van der Waals surface area contributed by atoms with Gasteiger partial charge < -0.3 is 51.2 Å². The molecule has 26 heteroatoms. The van der Waals surface area contributed by atoms with Crippen LogP contribution in [-0.2, 0) is 88.7 Å². The summed E-state index contributed by atoms with van der Waals surface area (Å²) in [6.45, 7) is 12.9. The van der Waals surface area contributed by atoms with Crippen molar-refractivity contribution in [2.24, 2.45) is 0 Å². The number of amides is 4. The summed E-state index contributed by atoms with van der Waals surface area (Å²) >= 11 is 24.0. The summed E-state index contributed by atoms with van der Waals surface area (Å²) < 4.78 is 11.1. The highest BCUT2D eigenvalue weighted by Gasteiger charge is 2.53. The SMILES string of the molecule is CC(=O)CNC(=O)C1=C(O)c2cc(Cl)ccc2[C@@]2(CCCOC2)C1=O.CC(=O)CNC(=O)C1=C(O)c2cc(Cl)ccc2[C@]2(CCCOC2)C1=O.CC[C@@]1(C)C(=O)C(C(=O)NCC(C)=O)=C(O)c2cc(Cl)ccc21.CC[C@]1(C)C(=O)C(C(=O)NCC(C)=O)=C(O)c2cc(Cl)ccc21. The summed E-state index contributed by atoms with van der Waals surface area (Å²) in [7, 11) is 0. The third kappa shape index (κ3) is 15.0. The second kappa shape index (κ2) is 30.6. The standard InChI is InChI=1S/2C18H18ClNO5.2C17H18ClNO4/c2*1-10(21)8-20-17(24)14-15(22)12-7-11(19)3-4-13(12)18(16(14)23)5-2-6-25-9-18;2*1-4-17(3)12-6-5-10(18)7-11(12)14(21)13(15(17)22)16(23)19-8-9(2)20/h2*3-4,7,22H,2,5-6,8-9H2,1H3,(H,20,24);2*5-7,21H,4,8H2,1-3H3,(H,19,23)/t2*18-;2*17-/m1010/s1. The highest BCUT2D eigenvalue weighted by Crippen LogP contribution is 2.48. The smallest absolute Gasteiger partial charge is 0.259 e. The molecule has 6 aliphatic rings. The lowest BCUT2D eigenvalue weighted by molar-refractivity contribution is -0.131. The first kappa shape index (κ1) is 74.8. The van der Waals surface area contributed by atoms with E-state index < -0.39 is 91.5 Å². The number of fused-ring (bicyclic) bond motifs is 6. The summed E-state index contributed by atoms with van der Waals surface area (Å²) in [4.78, 5) is 146. The van der Waals surface area contributed by atoms with Gasteiger partial charge in [-0.3, -0.25) is 57.5 Å². The summed E-state index contributed by atoms with van der Waals surface area (Å²) in [6, 6.07) is 19.5. The Morgan fingerprint density at radius 3 is 0.875 bits per heavy atom. The molecule has 508 valence electrons. The Labute approximate surface area is 572 Å². The minimum absolute atomic E-state index is 0.136. The Balaban J connectivity index is 0.000000181. The number of Topliss-reactive ketones (excluding diaryl/α,β-unsaturated/α-hetero) is 8. The number of ketones is 8. The summed E-state index contributed by atoms with van der Waals surface area (Å²) in [6.07, 6.45) is 3.26. The van der Waals surface area contributed by atoms with E-state index in [1.165, 1.54) is 52.0 Å². The first-order chi connectivity index (χ1) is 45.2. The van der Waals surface area contributed by atoms with Gasteiger partial charge in [0.15, 0.2) is 23.1 Å². The number of aliphatic hydroxyl groups is 4. The van der Waals surface area contributed by atoms with E-state index >= 15 is 0 Å². The molecule has 0 saturated carbocycles. The van der Waals surface area contributed by atoms with Gasteiger partial charge in [0.05, 0.1) is 61.1 Å². The zero-order valence-corrected chi connectivity index (χ0v) is 56.9. The lowest BCUT2D eigenvalue weighted by Gasteiger charge is -2.40. The number of hydrogen-bond acceptors (Lipinski definition) is 18. The number of hydrogen-bond donors (Lipinski definition) is 8. The van der Waals surface area contributed by atoms with E-state index in [9.17, 15) is 78.0 Å². The van der Waals surface area contributed by atoms with E-state index in [0.29, 0.717) is 116 Å². The van der Waals surface area contributed by atoms with Crippen molar-refractivity contribution >= 4 is 139 Å². The van der Waals surface area contributed by atoms with Crippen molar-refractivity contribution in [1.82, 2.24) is 21.3 Å². The number of carbonyl (C=O) groups is 12. The van der Waals surface area contributed by atoms with Crippen molar-refractivity contribution in [2.45, 2.75) is 116 Å². The maximum atomic E-state index is 13.2. The molecule has 2 fully saturated rings. The van der Waals surface area contributed by atoms with Gasteiger partial charge >= 0.3 is 0 Å². The normalized spacial score (nSPS) is 21.5. The lowest BCUT2D eigenvalue weighted by Crippen LogP contribution is -2.49. The molecule has 0 bridgehead atoms. The largest absolute Gasteiger partial charge is 0.506 e. The summed E-state index contributed by atoms with van der Waals surface area (Å²) in [5, 5.41) is 53.1. The van der Waals surface area contributed by atoms with Gasteiger partial charge in [-0.15, -0.1) is 0 Å². The van der Waals surface area contributed by atoms with Crippen LogP contribution >= 0.6 is 46.4 Å². The van der Waals surface area contributed by atoms with Crippen LogP contribution in [0.15, 0.2) is 95.1 Å². The van der Waals surface area contributed by atoms with Crippen LogP contribution in [0, 0.1) is 0 Å². The minimum Gasteiger partial charge on any atom is -0.506 e. The van der Waals surface area contributed by atoms with Crippen LogP contribution in [0.4, 0.5) is 0 Å². The van der Waals surface area contributed by atoms with Crippen LogP contribution in [0.2, 0.25) is 20.1 Å². The van der Waals surface area contributed by atoms with E-state index in [-0.39, 0.29) is 84.8 Å². The highest BCUT2D eigenvalue weighted by molar-refractivity contribution is 6.35. The number of ether oxygens (including phenoxy) is 2. The molecular weight excluding hydrogens is 1330 g/mol. The first-order valence-electron chi connectivity index (χ1n) is 30.6. The maximum Gasteiger partial charge on any atom is 0.259 e. The van der Waals surface area contributed by atoms with Crippen LogP contribution in [-0.4, -0.2) is 143 Å². The Hall–Kier alpha value is -8.64. The molecule has 8 N–H and O–H groups in total. The number of nitrogens with one attached hydrogen (secondary N) is 4. The van der Waals surface area contributed by atoms with Gasteiger partial charge in [0.2, 0.25) is 0 Å². The molecule has 4 amide bonds. The number of halogens is 4. The van der Waals surface area contributed by atoms with E-state index in [2.05, 4.69) is 21.3 Å². The average molecular weight is 1400 g/mol. The molecule has 0 aromatic heterocycles. The molecule has 2 aliphatic heterocycles. The van der Waals surface area contributed by atoms with E-state index in [0.717, 1.165) is 0 Å². The van der Waals surface area contributed by atoms with Crippen LogP contribution in [0.25, 0.3) is 23.0 Å². The fourth-order valence-electron chi connectivity index (χ4n) is 12.2. The second-order valence-electron chi connectivity index (χ2n) is 24.4. The van der Waals surface area contributed by atoms with Crippen molar-refractivity contribution < 1.29 is 87.4 Å². The van der Waals surface area contributed by atoms with E-state index in [4.69, 9.17) is 55.9 Å². The van der Waals surface area contributed by atoms with Gasteiger partial charge in [-0.2, -0.15) is 0 Å². The zero-order valence-electron chi connectivity index (χ0n) is 53.8. The maximum absolute atomic E-state index is 13.2. The Morgan fingerprint density at radius 1 is 0.406 bits per heavy atom. The molecule has 0 unspecified atom stereocenters.